The Bertz CT molecular complexity index is 502. The highest BCUT2D eigenvalue weighted by atomic mass is 35.5. The van der Waals surface area contributed by atoms with Crippen molar-refractivity contribution >= 4 is 34.8 Å². The Morgan fingerprint density at radius 1 is 1.48 bits per heavy atom. The van der Waals surface area contributed by atoms with Gasteiger partial charge in [-0.3, -0.25) is 4.79 Å². The fourth-order valence-corrected chi connectivity index (χ4v) is 2.88. The molecular weight excluding hydrogens is 313 g/mol. The predicted octanol–water partition coefficient (Wildman–Crippen LogP) is 2.65. The smallest absolute Gasteiger partial charge is 0.231 e. The Kier molecular flexibility index (Phi) is 5.81. The van der Waals surface area contributed by atoms with Gasteiger partial charge in [0.05, 0.1) is 24.8 Å². The Balaban J connectivity index is 2.07. The van der Waals surface area contributed by atoms with Crippen LogP contribution < -0.4 is 10.6 Å². The summed E-state index contributed by atoms with van der Waals surface area (Å²) >= 11 is 11.9. The maximum absolute atomic E-state index is 12.4. The van der Waals surface area contributed by atoms with E-state index in [1.54, 1.807) is 6.07 Å². The van der Waals surface area contributed by atoms with Crippen LogP contribution in [0, 0.1) is 12.8 Å². The van der Waals surface area contributed by atoms with E-state index in [-0.39, 0.29) is 23.0 Å². The predicted molar refractivity (Wildman–Crippen MR) is 84.0 cm³/mol. The van der Waals surface area contributed by atoms with Crippen LogP contribution in [0.5, 0.6) is 0 Å². The number of hydrogen-bond donors (Lipinski definition) is 2. The Labute approximate surface area is 134 Å². The maximum atomic E-state index is 12.4. The number of rotatable bonds is 5. The van der Waals surface area contributed by atoms with Crippen LogP contribution in [0.1, 0.15) is 18.9 Å². The second-order valence-corrected chi connectivity index (χ2v) is 5.87. The van der Waals surface area contributed by atoms with Crippen molar-refractivity contribution in [2.75, 3.05) is 25.1 Å². The highest BCUT2D eigenvalue weighted by Crippen LogP contribution is 2.27. The van der Waals surface area contributed by atoms with E-state index < -0.39 is 0 Å². The molecule has 0 aliphatic carbocycles. The van der Waals surface area contributed by atoms with Crippen LogP contribution in [0.25, 0.3) is 0 Å². The zero-order valence-electron chi connectivity index (χ0n) is 12.1. The third-order valence-corrected chi connectivity index (χ3v) is 3.93. The molecule has 1 aliphatic rings. The second-order valence-electron chi connectivity index (χ2n) is 5.12. The average molecular weight is 332 g/mol. The molecule has 1 aliphatic heterocycles. The van der Waals surface area contributed by atoms with Crippen LogP contribution in [-0.4, -0.2) is 36.7 Å². The molecule has 1 fully saturated rings. The van der Waals surface area contributed by atoms with Crippen LogP contribution >= 0.6 is 23.2 Å². The fraction of sp³-hybridized carbons (Fsp3) is 0.571. The molecule has 2 rings (SSSR count). The van der Waals surface area contributed by atoms with Gasteiger partial charge >= 0.3 is 0 Å². The molecule has 0 bridgehead atoms. The number of amides is 1. The molecule has 7 heteroatoms. The number of aromatic nitrogens is 1. The SMILES string of the molecule is CCCNC1COCC1C(=O)Nc1c(C)cc(Cl)nc1Cl. The number of carbonyl (C=O) groups excluding carboxylic acids is 1. The Morgan fingerprint density at radius 2 is 2.24 bits per heavy atom. The molecule has 0 radical (unpaired) electrons. The van der Waals surface area contributed by atoms with Crippen molar-refractivity contribution in [2.24, 2.45) is 5.92 Å². The molecule has 1 amide bonds. The van der Waals surface area contributed by atoms with E-state index in [0.717, 1.165) is 18.5 Å². The van der Waals surface area contributed by atoms with E-state index in [4.69, 9.17) is 27.9 Å². The molecule has 2 heterocycles. The first-order valence-electron chi connectivity index (χ1n) is 6.97. The molecular formula is C14H19Cl2N3O2. The zero-order chi connectivity index (χ0) is 15.4. The molecule has 1 aromatic rings. The topological polar surface area (TPSA) is 63.2 Å². The normalized spacial score (nSPS) is 21.5. The quantitative estimate of drug-likeness (QED) is 0.814. The van der Waals surface area contributed by atoms with Gasteiger partial charge in [0.1, 0.15) is 5.15 Å². The Hall–Kier alpha value is -0.880. The summed E-state index contributed by atoms with van der Waals surface area (Å²) in [5.74, 6) is -0.349. The van der Waals surface area contributed by atoms with Crippen LogP contribution in [0.4, 0.5) is 5.69 Å². The van der Waals surface area contributed by atoms with E-state index >= 15 is 0 Å². The van der Waals surface area contributed by atoms with Crippen LogP contribution in [0.15, 0.2) is 6.07 Å². The zero-order valence-corrected chi connectivity index (χ0v) is 13.6. The van der Waals surface area contributed by atoms with Gasteiger partial charge in [-0.1, -0.05) is 30.1 Å². The number of anilines is 1. The summed E-state index contributed by atoms with van der Waals surface area (Å²) in [6.07, 6.45) is 1.01. The van der Waals surface area contributed by atoms with Gasteiger partial charge in [0.15, 0.2) is 5.15 Å². The summed E-state index contributed by atoms with van der Waals surface area (Å²) in [4.78, 5) is 16.4. The molecule has 2 atom stereocenters. The molecule has 116 valence electrons. The van der Waals surface area contributed by atoms with Crippen LogP contribution in [-0.2, 0) is 9.53 Å². The molecule has 2 N–H and O–H groups in total. The number of ether oxygens (including phenoxy) is 1. The highest BCUT2D eigenvalue weighted by molar-refractivity contribution is 6.34. The molecule has 1 aromatic heterocycles. The summed E-state index contributed by atoms with van der Waals surface area (Å²) < 4.78 is 5.41. The molecule has 0 aromatic carbocycles. The van der Waals surface area contributed by atoms with Gasteiger partial charge in [0.25, 0.3) is 0 Å². The number of pyridine rings is 1. The third-order valence-electron chi connectivity index (χ3n) is 3.46. The monoisotopic (exact) mass is 331 g/mol. The fourth-order valence-electron chi connectivity index (χ4n) is 2.31. The molecule has 2 unspecified atom stereocenters. The molecule has 21 heavy (non-hydrogen) atoms. The van der Waals surface area contributed by atoms with Gasteiger partial charge < -0.3 is 15.4 Å². The van der Waals surface area contributed by atoms with Crippen LogP contribution in [0.3, 0.4) is 0 Å². The third kappa shape index (κ3) is 4.07. The summed E-state index contributed by atoms with van der Waals surface area (Å²) in [5, 5.41) is 6.68. The second kappa shape index (κ2) is 7.40. The summed E-state index contributed by atoms with van der Waals surface area (Å²) in [5.41, 5.74) is 1.29. The number of halogens is 2. The number of carbonyl (C=O) groups is 1. The largest absolute Gasteiger partial charge is 0.379 e. The lowest BCUT2D eigenvalue weighted by Gasteiger charge is -2.19. The lowest BCUT2D eigenvalue weighted by molar-refractivity contribution is -0.120. The standard InChI is InChI=1S/C14H19Cl2N3O2/c1-3-4-17-10-7-21-6-9(10)14(20)19-12-8(2)5-11(15)18-13(12)16/h5,9-10,17H,3-4,6-7H2,1-2H3,(H,19,20). The first-order valence-corrected chi connectivity index (χ1v) is 7.73. The number of nitrogens with zero attached hydrogens (tertiary/aromatic N) is 1. The summed E-state index contributed by atoms with van der Waals surface area (Å²) in [6, 6.07) is 1.70. The van der Waals surface area contributed by atoms with Crippen molar-refractivity contribution in [3.63, 3.8) is 0 Å². The first-order chi connectivity index (χ1) is 10.0. The number of hydrogen-bond acceptors (Lipinski definition) is 4. The number of aryl methyl sites for hydroxylation is 1. The van der Waals surface area contributed by atoms with E-state index in [0.29, 0.717) is 24.1 Å². The minimum absolute atomic E-state index is 0.0318. The Morgan fingerprint density at radius 3 is 2.90 bits per heavy atom. The minimum Gasteiger partial charge on any atom is -0.379 e. The van der Waals surface area contributed by atoms with Gasteiger partial charge in [0, 0.05) is 6.04 Å². The minimum atomic E-state index is -0.234. The molecule has 0 spiro atoms. The van der Waals surface area contributed by atoms with Gasteiger partial charge in [-0.25, -0.2) is 4.98 Å². The van der Waals surface area contributed by atoms with Crippen molar-refractivity contribution in [1.82, 2.24) is 10.3 Å². The molecule has 0 saturated carbocycles. The van der Waals surface area contributed by atoms with Gasteiger partial charge in [-0.05, 0) is 31.5 Å². The first kappa shape index (κ1) is 16.5. The van der Waals surface area contributed by atoms with Crippen molar-refractivity contribution in [1.29, 1.82) is 0 Å². The number of nitrogens with one attached hydrogen (secondary N) is 2. The van der Waals surface area contributed by atoms with E-state index in [9.17, 15) is 4.79 Å². The highest BCUT2D eigenvalue weighted by Gasteiger charge is 2.34. The van der Waals surface area contributed by atoms with Gasteiger partial charge in [0.2, 0.25) is 5.91 Å². The lowest BCUT2D eigenvalue weighted by Crippen LogP contribution is -2.41. The van der Waals surface area contributed by atoms with E-state index in [2.05, 4.69) is 22.5 Å². The molecule has 1 saturated heterocycles. The van der Waals surface area contributed by atoms with Crippen molar-refractivity contribution in [3.05, 3.63) is 21.9 Å². The van der Waals surface area contributed by atoms with Crippen molar-refractivity contribution < 1.29 is 9.53 Å². The van der Waals surface area contributed by atoms with Gasteiger partial charge in [-0.2, -0.15) is 0 Å². The van der Waals surface area contributed by atoms with Crippen LogP contribution in [0.2, 0.25) is 10.3 Å². The lowest BCUT2D eigenvalue weighted by atomic mass is 10.0. The van der Waals surface area contributed by atoms with Gasteiger partial charge in [-0.15, -0.1) is 0 Å². The summed E-state index contributed by atoms with van der Waals surface area (Å²) in [6.45, 7) is 5.72. The van der Waals surface area contributed by atoms with Crippen molar-refractivity contribution in [2.45, 2.75) is 26.3 Å². The van der Waals surface area contributed by atoms with Crippen molar-refractivity contribution in [3.8, 4) is 0 Å². The summed E-state index contributed by atoms with van der Waals surface area (Å²) in [7, 11) is 0. The average Bonchev–Trinajstić information content (AvgIpc) is 2.88. The van der Waals surface area contributed by atoms with E-state index in [1.807, 2.05) is 6.92 Å². The van der Waals surface area contributed by atoms with E-state index in [1.165, 1.54) is 0 Å². The molecule has 5 nitrogen and oxygen atoms in total. The maximum Gasteiger partial charge on any atom is 0.231 e.